The van der Waals surface area contributed by atoms with Gasteiger partial charge in [0.25, 0.3) is 5.60 Å². The predicted molar refractivity (Wildman–Crippen MR) is 80.6 cm³/mol. The van der Waals surface area contributed by atoms with Gasteiger partial charge in [-0.15, -0.1) is 0 Å². The number of rotatable bonds is 7. The number of hydrogen-bond donors (Lipinski definition) is 1. The first-order valence-corrected chi connectivity index (χ1v) is 7.82. The molecule has 0 aliphatic heterocycles. The molecule has 0 spiro atoms. The number of anilines is 1. The molecular formula is C16H16F9NO2. The van der Waals surface area contributed by atoms with Gasteiger partial charge in [0.05, 0.1) is 6.54 Å². The fourth-order valence-corrected chi connectivity index (χ4v) is 2.43. The molecule has 0 saturated carbocycles. The SMILES string of the molecule is CCCC(=O)CN(CC(F)(F)F)c1ccc(C(O)(C(F)(F)F)C(F)(F)F)cc1. The summed E-state index contributed by atoms with van der Waals surface area (Å²) >= 11 is 0. The highest BCUT2D eigenvalue weighted by Gasteiger charge is 2.71. The van der Waals surface area contributed by atoms with Gasteiger partial charge in [0.1, 0.15) is 6.54 Å². The third-order valence-electron chi connectivity index (χ3n) is 3.74. The Morgan fingerprint density at radius 1 is 0.929 bits per heavy atom. The van der Waals surface area contributed by atoms with E-state index >= 15 is 0 Å². The zero-order valence-corrected chi connectivity index (χ0v) is 14.3. The smallest absolute Gasteiger partial charge is 0.369 e. The largest absolute Gasteiger partial charge is 0.430 e. The van der Waals surface area contributed by atoms with Crippen LogP contribution in [0.2, 0.25) is 0 Å². The molecule has 0 radical (unpaired) electrons. The highest BCUT2D eigenvalue weighted by molar-refractivity contribution is 5.83. The summed E-state index contributed by atoms with van der Waals surface area (Å²) in [6.45, 7) is -0.754. The summed E-state index contributed by atoms with van der Waals surface area (Å²) in [5.41, 5.74) is -7.22. The quantitative estimate of drug-likeness (QED) is 0.642. The van der Waals surface area contributed by atoms with Gasteiger partial charge in [-0.2, -0.15) is 39.5 Å². The van der Waals surface area contributed by atoms with E-state index in [-0.39, 0.29) is 18.6 Å². The van der Waals surface area contributed by atoms with Crippen LogP contribution in [0.4, 0.5) is 45.2 Å². The fourth-order valence-electron chi connectivity index (χ4n) is 2.43. The Bertz CT molecular complexity index is 649. The van der Waals surface area contributed by atoms with Crippen molar-refractivity contribution in [2.24, 2.45) is 0 Å². The van der Waals surface area contributed by atoms with E-state index in [9.17, 15) is 49.4 Å². The number of halogens is 9. The molecule has 0 atom stereocenters. The van der Waals surface area contributed by atoms with Gasteiger partial charge in [0, 0.05) is 17.7 Å². The Kier molecular flexibility index (Phi) is 7.02. The predicted octanol–water partition coefficient (Wildman–Crippen LogP) is 4.74. The van der Waals surface area contributed by atoms with Gasteiger partial charge in [-0.25, -0.2) is 0 Å². The average Bonchev–Trinajstić information content (AvgIpc) is 2.50. The second-order valence-electron chi connectivity index (χ2n) is 6.01. The molecule has 0 aliphatic rings. The lowest BCUT2D eigenvalue weighted by molar-refractivity contribution is -0.376. The van der Waals surface area contributed by atoms with E-state index in [0.717, 1.165) is 0 Å². The van der Waals surface area contributed by atoms with E-state index in [1.54, 1.807) is 6.92 Å². The van der Waals surface area contributed by atoms with Crippen molar-refractivity contribution in [3.8, 4) is 0 Å². The molecule has 0 aliphatic carbocycles. The van der Waals surface area contributed by atoms with E-state index in [4.69, 9.17) is 0 Å². The lowest BCUT2D eigenvalue weighted by Gasteiger charge is -2.33. The van der Waals surface area contributed by atoms with Gasteiger partial charge in [0.2, 0.25) is 0 Å². The third-order valence-corrected chi connectivity index (χ3v) is 3.74. The lowest BCUT2D eigenvalue weighted by atomic mass is 9.92. The molecule has 1 N–H and O–H groups in total. The van der Waals surface area contributed by atoms with Gasteiger partial charge in [0.15, 0.2) is 5.78 Å². The number of hydrogen-bond acceptors (Lipinski definition) is 3. The first-order valence-electron chi connectivity index (χ1n) is 7.82. The molecule has 0 fully saturated rings. The molecule has 0 unspecified atom stereocenters. The van der Waals surface area contributed by atoms with E-state index in [0.29, 0.717) is 23.5 Å². The standard InChI is InChI=1S/C16H16F9NO2/c1-2-3-12(27)8-26(9-13(17,18)19)11-6-4-10(5-7-11)14(28,15(20,21)22)16(23,24)25/h4-7,28H,2-3,8-9H2,1H3. The number of ketones is 1. The Morgan fingerprint density at radius 2 is 1.39 bits per heavy atom. The van der Waals surface area contributed by atoms with Crippen molar-refractivity contribution < 1.29 is 49.4 Å². The first kappa shape index (κ1) is 24.1. The van der Waals surface area contributed by atoms with Crippen LogP contribution in [0.15, 0.2) is 24.3 Å². The van der Waals surface area contributed by atoms with E-state index < -0.39 is 54.3 Å². The van der Waals surface area contributed by atoms with Crippen molar-refractivity contribution in [2.45, 2.75) is 43.9 Å². The molecule has 12 heteroatoms. The van der Waals surface area contributed by atoms with Crippen LogP contribution in [0.1, 0.15) is 25.3 Å². The Hall–Kier alpha value is -1.98. The van der Waals surface area contributed by atoms with E-state index in [2.05, 4.69) is 0 Å². The molecule has 1 aromatic carbocycles. The van der Waals surface area contributed by atoms with Crippen molar-refractivity contribution in [3.63, 3.8) is 0 Å². The minimum atomic E-state index is -6.12. The second kappa shape index (κ2) is 8.18. The molecule has 0 amide bonds. The van der Waals surface area contributed by atoms with Crippen LogP contribution in [-0.4, -0.2) is 42.5 Å². The molecular weight excluding hydrogens is 409 g/mol. The number of aliphatic hydroxyl groups is 1. The number of carbonyl (C=O) groups is 1. The molecule has 0 saturated heterocycles. The molecule has 0 heterocycles. The normalized spacial score (nSPS) is 13.5. The maximum absolute atomic E-state index is 12.9. The zero-order chi connectivity index (χ0) is 22.0. The van der Waals surface area contributed by atoms with Crippen molar-refractivity contribution in [1.82, 2.24) is 0 Å². The third kappa shape index (κ3) is 5.52. The van der Waals surface area contributed by atoms with Crippen LogP contribution < -0.4 is 4.90 Å². The summed E-state index contributed by atoms with van der Waals surface area (Å²) in [5, 5.41) is 9.29. The van der Waals surface area contributed by atoms with Crippen LogP contribution >= 0.6 is 0 Å². The molecule has 3 nitrogen and oxygen atoms in total. The topological polar surface area (TPSA) is 40.5 Å². The number of carbonyl (C=O) groups excluding carboxylic acids is 1. The summed E-state index contributed by atoms with van der Waals surface area (Å²) in [4.78, 5) is 12.1. The van der Waals surface area contributed by atoms with Crippen LogP contribution in [0, 0.1) is 0 Å². The molecule has 1 aromatic rings. The van der Waals surface area contributed by atoms with E-state index in [1.165, 1.54) is 0 Å². The summed E-state index contributed by atoms with van der Waals surface area (Å²) in [6.07, 6.45) is -16.7. The number of benzene rings is 1. The van der Waals surface area contributed by atoms with Gasteiger partial charge in [-0.05, 0) is 18.6 Å². The van der Waals surface area contributed by atoms with Gasteiger partial charge in [-0.3, -0.25) is 4.79 Å². The minimum absolute atomic E-state index is 0.0473. The van der Waals surface area contributed by atoms with Crippen molar-refractivity contribution in [2.75, 3.05) is 18.0 Å². The highest BCUT2D eigenvalue weighted by Crippen LogP contribution is 2.50. The van der Waals surface area contributed by atoms with Crippen LogP contribution in [-0.2, 0) is 10.4 Å². The second-order valence-corrected chi connectivity index (χ2v) is 6.01. The van der Waals surface area contributed by atoms with E-state index in [1.807, 2.05) is 0 Å². The number of alkyl halides is 9. The first-order chi connectivity index (χ1) is 12.5. The Balaban J connectivity index is 3.30. The summed E-state index contributed by atoms with van der Waals surface area (Å²) < 4.78 is 115. The zero-order valence-electron chi connectivity index (χ0n) is 14.3. The molecule has 0 aromatic heterocycles. The molecule has 0 bridgehead atoms. The van der Waals surface area contributed by atoms with Crippen LogP contribution in [0.25, 0.3) is 0 Å². The van der Waals surface area contributed by atoms with Crippen LogP contribution in [0.5, 0.6) is 0 Å². The van der Waals surface area contributed by atoms with Crippen molar-refractivity contribution >= 4 is 11.5 Å². The maximum Gasteiger partial charge on any atom is 0.430 e. The molecule has 28 heavy (non-hydrogen) atoms. The van der Waals surface area contributed by atoms with Gasteiger partial charge < -0.3 is 10.0 Å². The lowest BCUT2D eigenvalue weighted by Crippen LogP contribution is -2.53. The summed E-state index contributed by atoms with van der Waals surface area (Å²) in [6, 6.07) is 1.57. The Morgan fingerprint density at radius 3 is 1.75 bits per heavy atom. The van der Waals surface area contributed by atoms with Crippen molar-refractivity contribution in [3.05, 3.63) is 29.8 Å². The maximum atomic E-state index is 12.9. The van der Waals surface area contributed by atoms with Crippen molar-refractivity contribution in [1.29, 1.82) is 0 Å². The average molecular weight is 425 g/mol. The molecule has 1 rings (SSSR count). The van der Waals surface area contributed by atoms with Gasteiger partial charge >= 0.3 is 18.5 Å². The fraction of sp³-hybridized carbons (Fsp3) is 0.562. The minimum Gasteiger partial charge on any atom is -0.369 e. The monoisotopic (exact) mass is 425 g/mol. The Labute approximate surface area is 153 Å². The number of nitrogens with zero attached hydrogens (tertiary/aromatic N) is 1. The van der Waals surface area contributed by atoms with Gasteiger partial charge in [-0.1, -0.05) is 19.1 Å². The summed E-state index contributed by atoms with van der Waals surface area (Å²) in [5.74, 6) is -0.585. The molecule has 160 valence electrons. The highest BCUT2D eigenvalue weighted by atomic mass is 19.4. The summed E-state index contributed by atoms with van der Waals surface area (Å²) in [7, 11) is 0. The number of Topliss-reactive ketones (excluding diaryl/α,β-unsaturated/α-hetero) is 1. The van der Waals surface area contributed by atoms with Crippen LogP contribution in [0.3, 0.4) is 0 Å².